The molecule has 0 aliphatic carbocycles. The predicted octanol–water partition coefficient (Wildman–Crippen LogP) is 2.76. The first-order chi connectivity index (χ1) is 9.16. The number of fused-ring (bicyclic) bond motifs is 4. The minimum absolute atomic E-state index is 0.223. The molecule has 2 aromatic heterocycles. The van der Waals surface area contributed by atoms with E-state index in [9.17, 15) is 9.59 Å². The van der Waals surface area contributed by atoms with Gasteiger partial charge in [0.1, 0.15) is 5.56 Å². The highest BCUT2D eigenvalue weighted by molar-refractivity contribution is 9.10. The summed E-state index contributed by atoms with van der Waals surface area (Å²) in [6.07, 6.45) is 1.67. The second-order valence-electron chi connectivity index (χ2n) is 4.46. The summed E-state index contributed by atoms with van der Waals surface area (Å²) in [5.74, 6) is -0.266. The van der Waals surface area contributed by atoms with Crippen molar-refractivity contribution in [2.24, 2.45) is 0 Å². The van der Waals surface area contributed by atoms with Crippen molar-refractivity contribution < 1.29 is 4.79 Å². The number of rotatable bonds is 0. The third-order valence-electron chi connectivity index (χ3n) is 3.40. The molecule has 5 heteroatoms. The lowest BCUT2D eigenvalue weighted by Crippen LogP contribution is -2.17. The average molecular weight is 315 g/mol. The van der Waals surface area contributed by atoms with Crippen LogP contribution in [0.2, 0.25) is 0 Å². The van der Waals surface area contributed by atoms with Crippen molar-refractivity contribution in [3.63, 3.8) is 0 Å². The molecule has 0 bridgehead atoms. The maximum Gasteiger partial charge on any atom is 0.268 e. The van der Waals surface area contributed by atoms with Crippen molar-refractivity contribution in [1.82, 2.24) is 9.55 Å². The van der Waals surface area contributed by atoms with E-state index in [2.05, 4.69) is 20.9 Å². The smallest absolute Gasteiger partial charge is 0.268 e. The van der Waals surface area contributed by atoms with Gasteiger partial charge in [-0.2, -0.15) is 0 Å². The molecule has 92 valence electrons. The van der Waals surface area contributed by atoms with E-state index >= 15 is 0 Å². The fourth-order valence-electron chi connectivity index (χ4n) is 2.54. The molecule has 0 radical (unpaired) electrons. The Morgan fingerprint density at radius 3 is 2.84 bits per heavy atom. The summed E-state index contributed by atoms with van der Waals surface area (Å²) < 4.78 is 2.31. The molecule has 3 heterocycles. The molecule has 19 heavy (non-hydrogen) atoms. The maximum atomic E-state index is 12.5. The van der Waals surface area contributed by atoms with E-state index in [0.29, 0.717) is 11.1 Å². The molecule has 1 aliphatic rings. The molecule has 4 rings (SSSR count). The van der Waals surface area contributed by atoms with Crippen molar-refractivity contribution in [2.45, 2.75) is 0 Å². The first-order valence-electron chi connectivity index (χ1n) is 5.75. The van der Waals surface area contributed by atoms with Gasteiger partial charge in [0.05, 0.1) is 11.4 Å². The zero-order chi connectivity index (χ0) is 13.1. The summed E-state index contributed by atoms with van der Waals surface area (Å²) in [6, 6.07) is 9.04. The average Bonchev–Trinajstić information content (AvgIpc) is 2.95. The van der Waals surface area contributed by atoms with Gasteiger partial charge in [-0.05, 0) is 30.3 Å². The number of aromatic amines is 1. The van der Waals surface area contributed by atoms with Gasteiger partial charge in [0.2, 0.25) is 5.43 Å². The van der Waals surface area contributed by atoms with Gasteiger partial charge in [0.25, 0.3) is 5.91 Å². The van der Waals surface area contributed by atoms with E-state index < -0.39 is 0 Å². The Balaban J connectivity index is 2.22. The van der Waals surface area contributed by atoms with Crippen LogP contribution in [-0.4, -0.2) is 15.5 Å². The van der Waals surface area contributed by atoms with Crippen LogP contribution in [0.1, 0.15) is 10.4 Å². The molecule has 1 aliphatic heterocycles. The molecule has 0 saturated carbocycles. The number of nitrogens with zero attached hydrogens (tertiary/aromatic N) is 1. The van der Waals surface area contributed by atoms with Gasteiger partial charge < -0.3 is 4.98 Å². The van der Waals surface area contributed by atoms with Crippen LogP contribution in [0.3, 0.4) is 0 Å². The van der Waals surface area contributed by atoms with Crippen LogP contribution in [-0.2, 0) is 0 Å². The highest BCUT2D eigenvalue weighted by Gasteiger charge is 2.30. The van der Waals surface area contributed by atoms with Crippen LogP contribution in [0.25, 0.3) is 22.3 Å². The molecule has 0 atom stereocenters. The number of halogens is 1. The van der Waals surface area contributed by atoms with Gasteiger partial charge >= 0.3 is 0 Å². The maximum absolute atomic E-state index is 12.5. The van der Waals surface area contributed by atoms with Gasteiger partial charge in [-0.15, -0.1) is 0 Å². The van der Waals surface area contributed by atoms with Gasteiger partial charge in [0, 0.05) is 21.6 Å². The second-order valence-corrected chi connectivity index (χ2v) is 5.38. The lowest BCUT2D eigenvalue weighted by Gasteiger charge is -2.02. The summed E-state index contributed by atoms with van der Waals surface area (Å²) in [5, 5.41) is 0.521. The number of aromatic nitrogens is 2. The minimum atomic E-state index is -0.266. The zero-order valence-corrected chi connectivity index (χ0v) is 11.2. The van der Waals surface area contributed by atoms with Gasteiger partial charge in [-0.3, -0.25) is 14.2 Å². The van der Waals surface area contributed by atoms with Crippen molar-refractivity contribution in [2.75, 3.05) is 0 Å². The quantitative estimate of drug-likeness (QED) is 0.542. The van der Waals surface area contributed by atoms with Crippen molar-refractivity contribution in [3.8, 4) is 11.4 Å². The van der Waals surface area contributed by atoms with Crippen molar-refractivity contribution in [1.29, 1.82) is 0 Å². The summed E-state index contributed by atoms with van der Waals surface area (Å²) in [7, 11) is 0. The Morgan fingerprint density at radius 1 is 1.16 bits per heavy atom. The van der Waals surface area contributed by atoms with E-state index in [1.54, 1.807) is 18.3 Å². The Bertz CT molecular complexity index is 921. The Hall–Kier alpha value is -2.14. The highest BCUT2D eigenvalue weighted by Crippen LogP contribution is 2.30. The number of hydrogen-bond donors (Lipinski definition) is 1. The minimum Gasteiger partial charge on any atom is -0.352 e. The third kappa shape index (κ3) is 1.28. The number of carbonyl (C=O) groups excluding carboxylic acids is 1. The number of hydrogen-bond acceptors (Lipinski definition) is 2. The summed E-state index contributed by atoms with van der Waals surface area (Å²) in [4.78, 5) is 27.9. The number of H-pyrrole nitrogens is 1. The lowest BCUT2D eigenvalue weighted by molar-refractivity contribution is 0.0968. The van der Waals surface area contributed by atoms with Crippen LogP contribution in [0, 0.1) is 0 Å². The predicted molar refractivity (Wildman–Crippen MR) is 75.4 cm³/mol. The fraction of sp³-hybridized carbons (Fsp3) is 0. The normalized spacial score (nSPS) is 12.8. The van der Waals surface area contributed by atoms with Crippen LogP contribution >= 0.6 is 15.9 Å². The summed E-state index contributed by atoms with van der Waals surface area (Å²) in [6.45, 7) is 0. The third-order valence-corrected chi connectivity index (χ3v) is 3.89. The Kier molecular flexibility index (Phi) is 1.95. The zero-order valence-electron chi connectivity index (χ0n) is 9.61. The molecule has 3 aromatic rings. The van der Waals surface area contributed by atoms with E-state index in [0.717, 1.165) is 15.7 Å². The number of nitrogens with one attached hydrogen (secondary N) is 1. The van der Waals surface area contributed by atoms with E-state index in [-0.39, 0.29) is 16.9 Å². The molecule has 0 unspecified atom stereocenters. The van der Waals surface area contributed by atoms with Crippen LogP contribution in [0.15, 0.2) is 45.8 Å². The van der Waals surface area contributed by atoms with Gasteiger partial charge in [0.15, 0.2) is 0 Å². The van der Waals surface area contributed by atoms with Gasteiger partial charge in [-0.25, -0.2) is 0 Å². The summed E-state index contributed by atoms with van der Waals surface area (Å²) >= 11 is 3.34. The van der Waals surface area contributed by atoms with E-state index in [1.165, 1.54) is 4.57 Å². The lowest BCUT2D eigenvalue weighted by atomic mass is 10.1. The monoisotopic (exact) mass is 314 g/mol. The molecule has 0 spiro atoms. The highest BCUT2D eigenvalue weighted by atomic mass is 79.9. The molecule has 0 saturated heterocycles. The van der Waals surface area contributed by atoms with Crippen LogP contribution in [0.5, 0.6) is 0 Å². The first-order valence-corrected chi connectivity index (χ1v) is 6.54. The largest absolute Gasteiger partial charge is 0.352 e. The van der Waals surface area contributed by atoms with Crippen molar-refractivity contribution >= 4 is 32.7 Å². The summed E-state index contributed by atoms with van der Waals surface area (Å²) in [5.41, 5.74) is 2.08. The molecular weight excluding hydrogens is 308 g/mol. The van der Waals surface area contributed by atoms with Crippen LogP contribution < -0.4 is 5.43 Å². The van der Waals surface area contributed by atoms with E-state index in [4.69, 9.17) is 0 Å². The first kappa shape index (κ1) is 10.8. The number of benzene rings is 1. The SMILES string of the molecule is O=C1c2c([nH]c3ccc(Br)cc3c2=O)-c2cccn21. The fourth-order valence-corrected chi connectivity index (χ4v) is 2.90. The molecule has 4 nitrogen and oxygen atoms in total. The molecule has 1 N–H and O–H groups in total. The Labute approximate surface area is 115 Å². The topological polar surface area (TPSA) is 54.9 Å². The van der Waals surface area contributed by atoms with Gasteiger partial charge in [-0.1, -0.05) is 15.9 Å². The van der Waals surface area contributed by atoms with E-state index in [1.807, 2.05) is 18.2 Å². The Morgan fingerprint density at radius 2 is 2.00 bits per heavy atom. The standard InChI is InChI=1S/C14H7BrN2O2/c15-7-3-4-9-8(6-7)13(18)11-12(16-9)10-2-1-5-17(10)14(11)19/h1-6H,(H,16,18). The molecular formula is C14H7BrN2O2. The molecule has 1 aromatic carbocycles. The van der Waals surface area contributed by atoms with Crippen molar-refractivity contribution in [3.05, 3.63) is 56.8 Å². The van der Waals surface area contributed by atoms with Crippen LogP contribution in [0.4, 0.5) is 0 Å². The molecule has 0 fully saturated rings. The molecule has 0 amide bonds. The number of pyridine rings is 1. The number of carbonyl (C=O) groups is 1. The second kappa shape index (κ2) is 3.45.